The van der Waals surface area contributed by atoms with E-state index in [1.54, 1.807) is 29.9 Å². The highest BCUT2D eigenvalue weighted by Crippen LogP contribution is 2.29. The summed E-state index contributed by atoms with van der Waals surface area (Å²) < 4.78 is 34.2. The zero-order valence-electron chi connectivity index (χ0n) is 18.6. The van der Waals surface area contributed by atoms with E-state index in [9.17, 15) is 13.2 Å². The van der Waals surface area contributed by atoms with E-state index in [2.05, 4.69) is 25.0 Å². The summed E-state index contributed by atoms with van der Waals surface area (Å²) in [6.07, 6.45) is 4.62. The Morgan fingerprint density at radius 2 is 1.79 bits per heavy atom. The van der Waals surface area contributed by atoms with Crippen LogP contribution in [0.15, 0.2) is 65.3 Å². The van der Waals surface area contributed by atoms with Gasteiger partial charge in [0.25, 0.3) is 15.9 Å². The molecule has 0 aliphatic carbocycles. The Bertz CT molecular complexity index is 1430. The normalized spacial score (nSPS) is 11.1. The fourth-order valence-electron chi connectivity index (χ4n) is 3.21. The monoisotopic (exact) mass is 495 g/mol. The van der Waals surface area contributed by atoms with Gasteiger partial charge in [0.05, 0.1) is 24.7 Å². The molecule has 11 heteroatoms. The largest absolute Gasteiger partial charge is 0.480 e. The molecule has 174 valence electrons. The summed E-state index contributed by atoms with van der Waals surface area (Å²) in [5.41, 5.74) is 3.25. The lowest BCUT2D eigenvalue weighted by Crippen LogP contribution is -2.18. The molecule has 0 aliphatic rings. The molecule has 9 nitrogen and oxygen atoms in total. The van der Waals surface area contributed by atoms with E-state index >= 15 is 0 Å². The number of benzene rings is 1. The van der Waals surface area contributed by atoms with Crippen molar-refractivity contribution in [3.63, 3.8) is 0 Å². The molecule has 3 heterocycles. The highest BCUT2D eigenvalue weighted by atomic mass is 32.2. The molecule has 0 bridgehead atoms. The first-order valence-electron chi connectivity index (χ1n) is 10.1. The van der Waals surface area contributed by atoms with Gasteiger partial charge in [-0.3, -0.25) is 14.5 Å². The van der Waals surface area contributed by atoms with Crippen LogP contribution in [0.1, 0.15) is 21.6 Å². The lowest BCUT2D eigenvalue weighted by atomic mass is 10.1. The summed E-state index contributed by atoms with van der Waals surface area (Å²) in [5.74, 6) is -0.583. The number of methoxy groups -OCH3 is 1. The summed E-state index contributed by atoms with van der Waals surface area (Å²) in [6.45, 7) is 3.62. The summed E-state index contributed by atoms with van der Waals surface area (Å²) in [5, 5.41) is 4.95. The smallest absolute Gasteiger partial charge is 0.275 e. The number of rotatable bonds is 7. The molecular formula is C23H21N5O4S2. The molecule has 0 aliphatic heterocycles. The van der Waals surface area contributed by atoms with Crippen molar-refractivity contribution in [2.75, 3.05) is 17.1 Å². The van der Waals surface area contributed by atoms with Crippen LogP contribution >= 0.6 is 11.3 Å². The molecule has 34 heavy (non-hydrogen) atoms. The number of carbonyl (C=O) groups is 1. The number of sulfonamides is 1. The first kappa shape index (κ1) is 23.3. The maximum atomic E-state index is 13.2. The first-order valence-corrected chi connectivity index (χ1v) is 12.4. The fourth-order valence-corrected chi connectivity index (χ4v) is 5.37. The third-order valence-corrected chi connectivity index (χ3v) is 7.18. The zero-order chi connectivity index (χ0) is 24.3. The molecule has 4 aromatic rings. The van der Waals surface area contributed by atoms with Crippen molar-refractivity contribution in [2.45, 2.75) is 18.7 Å². The van der Waals surface area contributed by atoms with Crippen LogP contribution in [0.2, 0.25) is 0 Å². The summed E-state index contributed by atoms with van der Waals surface area (Å²) in [7, 11) is -2.74. The number of aryl methyl sites for hydroxylation is 2. The number of aromatic nitrogens is 3. The maximum Gasteiger partial charge on any atom is 0.275 e. The lowest BCUT2D eigenvalue weighted by molar-refractivity contribution is 0.102. The zero-order valence-corrected chi connectivity index (χ0v) is 20.2. The number of para-hydroxylation sites is 1. The number of anilines is 2. The summed E-state index contributed by atoms with van der Waals surface area (Å²) in [6, 6.07) is 10.4. The number of ether oxygens (including phenoxy) is 1. The topological polar surface area (TPSA) is 123 Å². The van der Waals surface area contributed by atoms with Crippen molar-refractivity contribution < 1.29 is 17.9 Å². The second kappa shape index (κ2) is 9.57. The average Bonchev–Trinajstić information content (AvgIpc) is 3.33. The molecule has 0 atom stereocenters. The highest BCUT2D eigenvalue weighted by Gasteiger charge is 2.24. The molecular weight excluding hydrogens is 474 g/mol. The van der Waals surface area contributed by atoms with Gasteiger partial charge in [0.1, 0.15) is 10.7 Å². The van der Waals surface area contributed by atoms with Crippen molar-refractivity contribution in [1.82, 2.24) is 15.0 Å². The van der Waals surface area contributed by atoms with Crippen LogP contribution in [-0.2, 0) is 10.0 Å². The number of nitrogens with zero attached hydrogens (tertiary/aromatic N) is 3. The molecule has 1 aromatic carbocycles. The lowest BCUT2D eigenvalue weighted by Gasteiger charge is -2.15. The SMILES string of the molecule is COc1ncc(NC(=O)c2csc(-c3ccncc3)n2)cc1S(=O)(=O)Nc1c(C)cccc1C. The van der Waals surface area contributed by atoms with E-state index in [0.29, 0.717) is 10.7 Å². The average molecular weight is 496 g/mol. The Morgan fingerprint density at radius 3 is 2.47 bits per heavy atom. The van der Waals surface area contributed by atoms with Crippen molar-refractivity contribution in [2.24, 2.45) is 0 Å². The number of nitrogens with one attached hydrogen (secondary N) is 2. The van der Waals surface area contributed by atoms with E-state index in [4.69, 9.17) is 4.74 Å². The van der Waals surface area contributed by atoms with Crippen molar-refractivity contribution in [3.05, 3.63) is 77.2 Å². The van der Waals surface area contributed by atoms with Gasteiger partial charge in [-0.2, -0.15) is 0 Å². The van der Waals surface area contributed by atoms with Gasteiger partial charge in [0.2, 0.25) is 5.88 Å². The quantitative estimate of drug-likeness (QED) is 0.392. The minimum absolute atomic E-state index is 0.0923. The fraction of sp³-hybridized carbons (Fsp3) is 0.130. The second-order valence-electron chi connectivity index (χ2n) is 7.33. The van der Waals surface area contributed by atoms with Crippen LogP contribution in [0.5, 0.6) is 5.88 Å². The minimum atomic E-state index is -4.06. The summed E-state index contributed by atoms with van der Waals surface area (Å²) in [4.78, 5) is 24.9. The van der Waals surface area contributed by atoms with Crippen LogP contribution in [0.25, 0.3) is 10.6 Å². The number of amides is 1. The molecule has 4 rings (SSSR count). The van der Waals surface area contributed by atoms with E-state index in [1.165, 1.54) is 30.7 Å². The molecule has 0 spiro atoms. The van der Waals surface area contributed by atoms with Crippen LogP contribution in [-0.4, -0.2) is 36.4 Å². The molecule has 0 saturated heterocycles. The Hall–Kier alpha value is -3.83. The molecule has 0 fully saturated rings. The molecule has 1 amide bonds. The first-order chi connectivity index (χ1) is 16.3. The second-order valence-corrected chi connectivity index (χ2v) is 9.84. The van der Waals surface area contributed by atoms with Crippen molar-refractivity contribution in [3.8, 4) is 16.5 Å². The summed E-state index contributed by atoms with van der Waals surface area (Å²) >= 11 is 1.32. The Labute approximate surface area is 200 Å². The Balaban J connectivity index is 1.60. The predicted octanol–water partition coefficient (Wildman–Crippen LogP) is 4.28. The van der Waals surface area contributed by atoms with Gasteiger partial charge in [0, 0.05) is 23.3 Å². The van der Waals surface area contributed by atoms with E-state index < -0.39 is 15.9 Å². The van der Waals surface area contributed by atoms with Crippen molar-refractivity contribution >= 4 is 38.6 Å². The highest BCUT2D eigenvalue weighted by molar-refractivity contribution is 7.92. The van der Waals surface area contributed by atoms with Gasteiger partial charge in [-0.05, 0) is 43.2 Å². The third kappa shape index (κ3) is 4.90. The number of hydrogen-bond acceptors (Lipinski definition) is 8. The predicted molar refractivity (Wildman–Crippen MR) is 131 cm³/mol. The van der Waals surface area contributed by atoms with Crippen LogP contribution in [0.3, 0.4) is 0 Å². The Morgan fingerprint density at radius 1 is 1.09 bits per heavy atom. The van der Waals surface area contributed by atoms with E-state index in [-0.39, 0.29) is 22.2 Å². The van der Waals surface area contributed by atoms with Gasteiger partial charge < -0.3 is 10.1 Å². The number of hydrogen-bond donors (Lipinski definition) is 2. The van der Waals surface area contributed by atoms with Crippen LogP contribution in [0, 0.1) is 13.8 Å². The van der Waals surface area contributed by atoms with Crippen LogP contribution in [0.4, 0.5) is 11.4 Å². The number of pyridine rings is 2. The van der Waals surface area contributed by atoms with Crippen molar-refractivity contribution in [1.29, 1.82) is 0 Å². The standard InChI is InChI=1S/C23H21N5O4S2/c1-14-5-4-6-15(2)20(14)28-34(30,31)19-11-17(12-25-22(19)32-3)26-21(29)18-13-33-23(27-18)16-7-9-24-10-8-16/h4-13,28H,1-3H3,(H,26,29). The third-order valence-electron chi connectivity index (χ3n) is 4.94. The van der Waals surface area contributed by atoms with Gasteiger partial charge in [-0.15, -0.1) is 11.3 Å². The van der Waals surface area contributed by atoms with Gasteiger partial charge in [-0.1, -0.05) is 18.2 Å². The van der Waals surface area contributed by atoms with E-state index in [1.807, 2.05) is 32.0 Å². The molecule has 2 N–H and O–H groups in total. The molecule has 0 saturated carbocycles. The molecule has 3 aromatic heterocycles. The Kier molecular flexibility index (Phi) is 6.57. The number of thiazole rings is 1. The van der Waals surface area contributed by atoms with E-state index in [0.717, 1.165) is 16.7 Å². The van der Waals surface area contributed by atoms with Crippen LogP contribution < -0.4 is 14.8 Å². The maximum absolute atomic E-state index is 13.2. The van der Waals surface area contributed by atoms with Gasteiger partial charge in [-0.25, -0.2) is 18.4 Å². The van der Waals surface area contributed by atoms with Gasteiger partial charge >= 0.3 is 0 Å². The van der Waals surface area contributed by atoms with Gasteiger partial charge in [0.15, 0.2) is 4.90 Å². The molecule has 0 radical (unpaired) electrons. The number of carbonyl (C=O) groups excluding carboxylic acids is 1. The molecule has 0 unspecified atom stereocenters. The minimum Gasteiger partial charge on any atom is -0.480 e.